The molecule has 0 saturated heterocycles. The average Bonchev–Trinajstić information content (AvgIpc) is 3.44. The first-order valence-corrected chi connectivity index (χ1v) is 10.3. The van der Waals surface area contributed by atoms with Crippen LogP contribution < -0.4 is 9.47 Å². The zero-order valence-corrected chi connectivity index (χ0v) is 18.0. The van der Waals surface area contributed by atoms with Gasteiger partial charge in [0.05, 0.1) is 36.9 Å². The second-order valence-electron chi connectivity index (χ2n) is 6.52. The highest BCUT2D eigenvalue weighted by Crippen LogP contribution is 2.39. The van der Waals surface area contributed by atoms with Crippen molar-refractivity contribution in [1.29, 1.82) is 0 Å². The summed E-state index contributed by atoms with van der Waals surface area (Å²) in [5, 5.41) is 11.2. The summed E-state index contributed by atoms with van der Waals surface area (Å²) in [6.45, 7) is 1.75. The smallest absolute Gasteiger partial charge is 0.361 e. The number of aryl methyl sites for hydroxylation is 1. The van der Waals surface area contributed by atoms with Crippen LogP contribution in [0, 0.1) is 6.92 Å². The van der Waals surface area contributed by atoms with Crippen LogP contribution >= 0.6 is 11.3 Å². The average molecular weight is 436 g/mol. The Kier molecular flexibility index (Phi) is 5.94. The van der Waals surface area contributed by atoms with Gasteiger partial charge in [-0.1, -0.05) is 24.3 Å². The molecule has 4 aromatic rings. The Bertz CT molecular complexity index is 1200. The Hall–Kier alpha value is -3.72. The predicted molar refractivity (Wildman–Crippen MR) is 116 cm³/mol. The van der Waals surface area contributed by atoms with Gasteiger partial charge in [0, 0.05) is 5.38 Å². The van der Waals surface area contributed by atoms with E-state index in [0.717, 1.165) is 16.3 Å². The molecule has 31 heavy (non-hydrogen) atoms. The number of hydrogen-bond acceptors (Lipinski definition) is 8. The summed E-state index contributed by atoms with van der Waals surface area (Å²) in [4.78, 5) is 18.5. The summed E-state index contributed by atoms with van der Waals surface area (Å²) >= 11 is 1.43. The van der Waals surface area contributed by atoms with Crippen LogP contribution in [0.15, 0.2) is 53.9 Å². The molecule has 2 aromatic heterocycles. The minimum atomic E-state index is -0.548. The normalized spacial score (nSPS) is 10.7. The van der Waals surface area contributed by atoms with Gasteiger partial charge in [-0.25, -0.2) is 9.78 Å². The number of hydrogen-bond donors (Lipinski definition) is 0. The number of carbonyl (C=O) groups excluding carboxylic acids is 1. The Morgan fingerprint density at radius 2 is 1.84 bits per heavy atom. The molecule has 0 N–H and O–H groups in total. The first-order valence-electron chi connectivity index (χ1n) is 9.43. The van der Waals surface area contributed by atoms with E-state index < -0.39 is 5.97 Å². The summed E-state index contributed by atoms with van der Waals surface area (Å²) in [7, 11) is 3.17. The van der Waals surface area contributed by atoms with Crippen molar-refractivity contribution in [1.82, 2.24) is 20.0 Å². The highest BCUT2D eigenvalue weighted by Gasteiger charge is 2.19. The Balaban J connectivity index is 1.47. The maximum Gasteiger partial charge on any atom is 0.361 e. The maximum atomic E-state index is 12.5. The van der Waals surface area contributed by atoms with Crippen molar-refractivity contribution < 1.29 is 19.0 Å². The van der Waals surface area contributed by atoms with Gasteiger partial charge in [0.1, 0.15) is 11.6 Å². The van der Waals surface area contributed by atoms with Crippen molar-refractivity contribution in [3.8, 4) is 27.8 Å². The molecule has 0 atom stereocenters. The number of nitrogens with zero attached hydrogens (tertiary/aromatic N) is 4. The molecular weight excluding hydrogens is 416 g/mol. The lowest BCUT2D eigenvalue weighted by molar-refractivity contribution is 0.0460. The molecule has 0 aliphatic carbocycles. The number of benzene rings is 2. The standard InChI is InChI=1S/C22H20N4O4S/c1-14-19(25-26(24-14)16-8-5-4-6-9-16)22(27)30-12-15-13-31-21(23-15)17-10-7-11-18(28-2)20(17)29-3/h4-11,13H,12H2,1-3H3. The first-order chi connectivity index (χ1) is 15.1. The molecule has 0 spiro atoms. The summed E-state index contributed by atoms with van der Waals surface area (Å²) in [6.07, 6.45) is 0. The minimum absolute atomic E-state index is 0.0270. The van der Waals surface area contributed by atoms with E-state index in [9.17, 15) is 4.79 Å². The number of thiazole rings is 1. The second kappa shape index (κ2) is 8.97. The maximum absolute atomic E-state index is 12.5. The molecule has 0 aliphatic heterocycles. The predicted octanol–water partition coefficient (Wildman–Crippen LogP) is 4.07. The highest BCUT2D eigenvalue weighted by atomic mass is 32.1. The van der Waals surface area contributed by atoms with E-state index in [1.54, 1.807) is 21.1 Å². The number of methoxy groups -OCH3 is 2. The lowest BCUT2D eigenvalue weighted by Gasteiger charge is -2.10. The zero-order valence-electron chi connectivity index (χ0n) is 17.2. The van der Waals surface area contributed by atoms with Crippen molar-refractivity contribution in [2.45, 2.75) is 13.5 Å². The van der Waals surface area contributed by atoms with Crippen molar-refractivity contribution in [3.05, 3.63) is 71.0 Å². The number of aromatic nitrogens is 4. The molecule has 0 aliphatic rings. The van der Waals surface area contributed by atoms with E-state index in [1.165, 1.54) is 16.1 Å². The third-order valence-electron chi connectivity index (χ3n) is 4.50. The van der Waals surface area contributed by atoms with Gasteiger partial charge in [-0.2, -0.15) is 9.90 Å². The summed E-state index contributed by atoms with van der Waals surface area (Å²) in [5.74, 6) is 0.685. The second-order valence-corrected chi connectivity index (χ2v) is 7.38. The van der Waals surface area contributed by atoms with Gasteiger partial charge in [-0.15, -0.1) is 16.4 Å². The van der Waals surface area contributed by atoms with Gasteiger partial charge >= 0.3 is 5.97 Å². The van der Waals surface area contributed by atoms with Crippen molar-refractivity contribution >= 4 is 17.3 Å². The topological polar surface area (TPSA) is 88.4 Å². The monoisotopic (exact) mass is 436 g/mol. The SMILES string of the molecule is COc1cccc(-c2nc(COC(=O)c3nn(-c4ccccc4)nc3C)cs2)c1OC. The zero-order chi connectivity index (χ0) is 21.8. The van der Waals surface area contributed by atoms with Crippen LogP contribution in [0.25, 0.3) is 16.3 Å². The van der Waals surface area contributed by atoms with E-state index >= 15 is 0 Å². The molecule has 0 amide bonds. The number of ether oxygens (including phenoxy) is 3. The molecule has 0 saturated carbocycles. The van der Waals surface area contributed by atoms with Gasteiger partial charge in [0.2, 0.25) is 0 Å². The lowest BCUT2D eigenvalue weighted by Crippen LogP contribution is -2.08. The van der Waals surface area contributed by atoms with Crippen LogP contribution in [-0.4, -0.2) is 40.2 Å². The summed E-state index contributed by atoms with van der Waals surface area (Å²) in [5.41, 5.74) is 2.88. The van der Waals surface area contributed by atoms with E-state index in [-0.39, 0.29) is 12.3 Å². The van der Waals surface area contributed by atoms with Gasteiger partial charge in [0.25, 0.3) is 0 Å². The molecule has 0 bridgehead atoms. The van der Waals surface area contributed by atoms with Crippen LogP contribution in [-0.2, 0) is 11.3 Å². The fourth-order valence-corrected chi connectivity index (χ4v) is 3.83. The molecule has 0 unspecified atom stereocenters. The molecule has 0 fully saturated rings. The van der Waals surface area contributed by atoms with Crippen LogP contribution in [0.1, 0.15) is 21.9 Å². The number of carbonyl (C=O) groups is 1. The van der Waals surface area contributed by atoms with Gasteiger partial charge in [-0.05, 0) is 31.2 Å². The van der Waals surface area contributed by atoms with Crippen LogP contribution in [0.3, 0.4) is 0 Å². The van der Waals surface area contributed by atoms with Crippen LogP contribution in [0.5, 0.6) is 11.5 Å². The highest BCUT2D eigenvalue weighted by molar-refractivity contribution is 7.13. The van der Waals surface area contributed by atoms with Crippen LogP contribution in [0.4, 0.5) is 0 Å². The Morgan fingerprint density at radius 1 is 1.03 bits per heavy atom. The largest absolute Gasteiger partial charge is 0.493 e. The quantitative estimate of drug-likeness (QED) is 0.404. The van der Waals surface area contributed by atoms with Gasteiger partial charge in [-0.3, -0.25) is 0 Å². The molecule has 9 heteroatoms. The molecule has 2 heterocycles. The summed E-state index contributed by atoms with van der Waals surface area (Å²) in [6, 6.07) is 15.0. The number of esters is 1. The number of para-hydroxylation sites is 2. The Labute approximate surface area is 183 Å². The van der Waals surface area contributed by atoms with Gasteiger partial charge < -0.3 is 14.2 Å². The molecule has 8 nitrogen and oxygen atoms in total. The fraction of sp³-hybridized carbons (Fsp3) is 0.182. The third kappa shape index (κ3) is 4.26. The third-order valence-corrected chi connectivity index (χ3v) is 5.42. The van der Waals surface area contributed by atoms with Crippen molar-refractivity contribution in [2.24, 2.45) is 0 Å². The van der Waals surface area contributed by atoms with E-state index in [4.69, 9.17) is 14.2 Å². The summed E-state index contributed by atoms with van der Waals surface area (Å²) < 4.78 is 16.3. The van der Waals surface area contributed by atoms with Crippen molar-refractivity contribution in [3.63, 3.8) is 0 Å². The molecule has 158 valence electrons. The van der Waals surface area contributed by atoms with E-state index in [0.29, 0.717) is 22.9 Å². The Morgan fingerprint density at radius 3 is 2.58 bits per heavy atom. The number of rotatable bonds is 7. The van der Waals surface area contributed by atoms with E-state index in [1.807, 2.05) is 53.9 Å². The van der Waals surface area contributed by atoms with Crippen LogP contribution in [0.2, 0.25) is 0 Å². The fourth-order valence-electron chi connectivity index (χ4n) is 3.00. The molecule has 2 aromatic carbocycles. The van der Waals surface area contributed by atoms with Gasteiger partial charge in [0.15, 0.2) is 17.2 Å². The molecular formula is C22H20N4O4S. The first kappa shape index (κ1) is 20.5. The minimum Gasteiger partial charge on any atom is -0.493 e. The molecule has 0 radical (unpaired) electrons. The molecule has 4 rings (SSSR count). The van der Waals surface area contributed by atoms with Crippen molar-refractivity contribution in [2.75, 3.05) is 14.2 Å². The van der Waals surface area contributed by atoms with E-state index in [2.05, 4.69) is 15.2 Å². The lowest BCUT2D eigenvalue weighted by atomic mass is 10.2.